The van der Waals surface area contributed by atoms with Crippen LogP contribution in [0.1, 0.15) is 33.3 Å². The standard InChI is InChI=1S/C12H18N4/c1-8(2)15-11-6-14-7-12(10(11)5-13)16-9(3)4/h6-9,15-16H,1-4H3. The summed E-state index contributed by atoms with van der Waals surface area (Å²) in [6.45, 7) is 8.13. The lowest BCUT2D eigenvalue weighted by Gasteiger charge is -2.16. The fraction of sp³-hybridized carbons (Fsp3) is 0.500. The van der Waals surface area contributed by atoms with Crippen molar-refractivity contribution in [1.29, 1.82) is 5.26 Å². The van der Waals surface area contributed by atoms with Gasteiger partial charge >= 0.3 is 0 Å². The minimum atomic E-state index is 0.281. The molecule has 0 bridgehead atoms. The molecule has 2 N–H and O–H groups in total. The van der Waals surface area contributed by atoms with E-state index in [2.05, 4.69) is 21.7 Å². The monoisotopic (exact) mass is 218 g/mol. The zero-order chi connectivity index (χ0) is 12.1. The van der Waals surface area contributed by atoms with E-state index in [4.69, 9.17) is 5.26 Å². The van der Waals surface area contributed by atoms with Crippen LogP contribution < -0.4 is 10.6 Å². The molecule has 0 aliphatic rings. The van der Waals surface area contributed by atoms with Gasteiger partial charge in [0.25, 0.3) is 0 Å². The molecule has 1 aromatic rings. The van der Waals surface area contributed by atoms with Crippen molar-refractivity contribution in [1.82, 2.24) is 4.98 Å². The van der Waals surface area contributed by atoms with Gasteiger partial charge in [-0.2, -0.15) is 5.26 Å². The van der Waals surface area contributed by atoms with Crippen molar-refractivity contribution in [2.75, 3.05) is 10.6 Å². The predicted molar refractivity (Wildman–Crippen MR) is 66.5 cm³/mol. The lowest BCUT2D eigenvalue weighted by molar-refractivity contribution is 0.887. The number of aromatic nitrogens is 1. The molecule has 1 heterocycles. The maximum absolute atomic E-state index is 9.17. The van der Waals surface area contributed by atoms with Crippen LogP contribution in [0.4, 0.5) is 11.4 Å². The van der Waals surface area contributed by atoms with Crippen molar-refractivity contribution in [2.45, 2.75) is 39.8 Å². The van der Waals surface area contributed by atoms with Gasteiger partial charge in [0, 0.05) is 12.1 Å². The first-order valence-electron chi connectivity index (χ1n) is 5.45. The maximum atomic E-state index is 9.17. The molecule has 0 aliphatic heterocycles. The van der Waals surface area contributed by atoms with E-state index >= 15 is 0 Å². The van der Waals surface area contributed by atoms with Crippen LogP contribution in [-0.4, -0.2) is 17.1 Å². The van der Waals surface area contributed by atoms with Crippen LogP contribution in [0.15, 0.2) is 12.4 Å². The van der Waals surface area contributed by atoms with Crippen molar-refractivity contribution in [3.63, 3.8) is 0 Å². The lowest BCUT2D eigenvalue weighted by atomic mass is 10.2. The topological polar surface area (TPSA) is 60.7 Å². The molecular weight excluding hydrogens is 200 g/mol. The molecule has 0 aliphatic carbocycles. The zero-order valence-electron chi connectivity index (χ0n) is 10.2. The van der Waals surface area contributed by atoms with E-state index in [1.165, 1.54) is 0 Å². The number of nitrogens with zero attached hydrogens (tertiary/aromatic N) is 2. The van der Waals surface area contributed by atoms with Gasteiger partial charge in [-0.05, 0) is 27.7 Å². The van der Waals surface area contributed by atoms with E-state index in [-0.39, 0.29) is 12.1 Å². The summed E-state index contributed by atoms with van der Waals surface area (Å²) in [6.07, 6.45) is 3.37. The van der Waals surface area contributed by atoms with E-state index in [0.29, 0.717) is 5.56 Å². The number of anilines is 2. The van der Waals surface area contributed by atoms with Crippen LogP contribution in [0.2, 0.25) is 0 Å². The van der Waals surface area contributed by atoms with E-state index in [1.54, 1.807) is 12.4 Å². The Bertz CT molecular complexity index is 362. The Balaban J connectivity index is 3.06. The highest BCUT2D eigenvalue weighted by atomic mass is 15.0. The zero-order valence-corrected chi connectivity index (χ0v) is 10.2. The molecule has 0 aromatic carbocycles. The van der Waals surface area contributed by atoms with Crippen LogP contribution in [0, 0.1) is 11.3 Å². The van der Waals surface area contributed by atoms with Gasteiger partial charge in [-0.3, -0.25) is 4.98 Å². The highest BCUT2D eigenvalue weighted by Crippen LogP contribution is 2.23. The minimum Gasteiger partial charge on any atom is -0.380 e. The number of nitriles is 1. The van der Waals surface area contributed by atoms with Crippen molar-refractivity contribution < 1.29 is 0 Å². The predicted octanol–water partition coefficient (Wildman–Crippen LogP) is 2.59. The van der Waals surface area contributed by atoms with Gasteiger partial charge in [-0.15, -0.1) is 0 Å². The molecule has 1 rings (SSSR count). The van der Waals surface area contributed by atoms with Crippen molar-refractivity contribution in [3.05, 3.63) is 18.0 Å². The normalized spacial score (nSPS) is 10.3. The number of hydrogen-bond acceptors (Lipinski definition) is 4. The minimum absolute atomic E-state index is 0.281. The van der Waals surface area contributed by atoms with Crippen LogP contribution in [0.5, 0.6) is 0 Å². The molecule has 0 saturated heterocycles. The second-order valence-corrected chi connectivity index (χ2v) is 4.32. The summed E-state index contributed by atoms with van der Waals surface area (Å²) in [7, 11) is 0. The highest BCUT2D eigenvalue weighted by molar-refractivity contribution is 5.69. The van der Waals surface area contributed by atoms with Gasteiger partial charge in [0.15, 0.2) is 0 Å². The molecule has 0 spiro atoms. The first kappa shape index (κ1) is 12.3. The number of hydrogen-bond donors (Lipinski definition) is 2. The van der Waals surface area contributed by atoms with Crippen molar-refractivity contribution in [3.8, 4) is 6.07 Å². The summed E-state index contributed by atoms with van der Waals surface area (Å²) < 4.78 is 0. The molecule has 0 unspecified atom stereocenters. The Morgan fingerprint density at radius 3 is 1.81 bits per heavy atom. The van der Waals surface area contributed by atoms with Gasteiger partial charge < -0.3 is 10.6 Å². The molecule has 4 heteroatoms. The summed E-state index contributed by atoms with van der Waals surface area (Å²) in [5, 5.41) is 15.6. The first-order chi connectivity index (χ1) is 7.54. The largest absolute Gasteiger partial charge is 0.380 e. The van der Waals surface area contributed by atoms with Crippen LogP contribution in [0.3, 0.4) is 0 Å². The Hall–Kier alpha value is -1.76. The molecule has 86 valence electrons. The maximum Gasteiger partial charge on any atom is 0.104 e. The second-order valence-electron chi connectivity index (χ2n) is 4.32. The molecule has 0 amide bonds. The SMILES string of the molecule is CC(C)Nc1cncc(NC(C)C)c1C#N. The fourth-order valence-corrected chi connectivity index (χ4v) is 1.42. The average molecular weight is 218 g/mol. The highest BCUT2D eigenvalue weighted by Gasteiger charge is 2.10. The molecule has 1 aromatic heterocycles. The second kappa shape index (κ2) is 5.36. The van der Waals surface area contributed by atoms with E-state index in [1.807, 2.05) is 27.7 Å². The van der Waals surface area contributed by atoms with E-state index in [0.717, 1.165) is 11.4 Å². The summed E-state index contributed by atoms with van der Waals surface area (Å²) in [6, 6.07) is 2.77. The van der Waals surface area contributed by atoms with Crippen molar-refractivity contribution in [2.24, 2.45) is 0 Å². The molecule has 0 radical (unpaired) electrons. The summed E-state index contributed by atoms with van der Waals surface area (Å²) in [5.41, 5.74) is 2.18. The van der Waals surface area contributed by atoms with E-state index in [9.17, 15) is 0 Å². The fourth-order valence-electron chi connectivity index (χ4n) is 1.42. The molecule has 0 atom stereocenters. The molecule has 16 heavy (non-hydrogen) atoms. The third-order valence-electron chi connectivity index (χ3n) is 1.95. The Morgan fingerprint density at radius 2 is 1.50 bits per heavy atom. The summed E-state index contributed by atoms with van der Waals surface area (Å²) in [4.78, 5) is 4.12. The molecular formula is C12H18N4. The molecule has 0 saturated carbocycles. The van der Waals surface area contributed by atoms with Gasteiger partial charge in [-0.1, -0.05) is 0 Å². The summed E-state index contributed by atoms with van der Waals surface area (Å²) >= 11 is 0. The van der Waals surface area contributed by atoms with Crippen LogP contribution >= 0.6 is 0 Å². The molecule has 4 nitrogen and oxygen atoms in total. The smallest absolute Gasteiger partial charge is 0.104 e. The number of nitrogens with one attached hydrogen (secondary N) is 2. The lowest BCUT2D eigenvalue weighted by Crippen LogP contribution is -2.15. The van der Waals surface area contributed by atoms with Gasteiger partial charge in [-0.25, -0.2) is 0 Å². The summed E-state index contributed by atoms with van der Waals surface area (Å²) in [5.74, 6) is 0. The third kappa shape index (κ3) is 3.13. The quantitative estimate of drug-likeness (QED) is 0.815. The van der Waals surface area contributed by atoms with Gasteiger partial charge in [0.1, 0.15) is 11.6 Å². The van der Waals surface area contributed by atoms with Crippen LogP contribution in [-0.2, 0) is 0 Å². The van der Waals surface area contributed by atoms with Gasteiger partial charge in [0.05, 0.1) is 23.8 Å². The van der Waals surface area contributed by atoms with Crippen LogP contribution in [0.25, 0.3) is 0 Å². The van der Waals surface area contributed by atoms with E-state index < -0.39 is 0 Å². The van der Waals surface area contributed by atoms with Crippen molar-refractivity contribution >= 4 is 11.4 Å². The Morgan fingerprint density at radius 1 is 1.06 bits per heavy atom. The number of rotatable bonds is 4. The van der Waals surface area contributed by atoms with Gasteiger partial charge in [0.2, 0.25) is 0 Å². The number of pyridine rings is 1. The Labute approximate surface area is 96.7 Å². The third-order valence-corrected chi connectivity index (χ3v) is 1.95. The average Bonchev–Trinajstić information content (AvgIpc) is 2.16. The molecule has 0 fully saturated rings. The first-order valence-corrected chi connectivity index (χ1v) is 5.45. The Kier molecular flexibility index (Phi) is 4.12.